The van der Waals surface area contributed by atoms with Crippen molar-refractivity contribution in [1.29, 1.82) is 0 Å². The molecule has 5 aromatic rings. The van der Waals surface area contributed by atoms with E-state index >= 15 is 0 Å². The first-order chi connectivity index (χ1) is 18.2. The molecular formula is C30H25N5OS. The molecule has 6 nitrogen and oxygen atoms in total. The van der Waals surface area contributed by atoms with Gasteiger partial charge in [-0.05, 0) is 91.4 Å². The number of ether oxygens (including phenoxy) is 1. The number of rotatable bonds is 6. The van der Waals surface area contributed by atoms with Crippen LogP contribution < -0.4 is 15.0 Å². The minimum atomic E-state index is -0.150. The number of para-hydroxylation sites is 1. The number of aryl methyl sites for hydroxylation is 1. The minimum absolute atomic E-state index is 0.144. The first kappa shape index (κ1) is 22.9. The van der Waals surface area contributed by atoms with Crippen molar-refractivity contribution in [1.82, 2.24) is 19.9 Å². The van der Waals surface area contributed by atoms with Crippen molar-refractivity contribution < 1.29 is 4.74 Å². The van der Waals surface area contributed by atoms with E-state index in [4.69, 9.17) is 17.0 Å². The fourth-order valence-electron chi connectivity index (χ4n) is 4.75. The third kappa shape index (κ3) is 4.45. The first-order valence-electron chi connectivity index (χ1n) is 12.1. The predicted molar refractivity (Wildman–Crippen MR) is 149 cm³/mol. The van der Waals surface area contributed by atoms with E-state index in [1.807, 2.05) is 110 Å². The van der Waals surface area contributed by atoms with Crippen LogP contribution >= 0.6 is 12.2 Å². The van der Waals surface area contributed by atoms with Crippen LogP contribution in [0.25, 0.3) is 5.82 Å². The molecule has 37 heavy (non-hydrogen) atoms. The van der Waals surface area contributed by atoms with Gasteiger partial charge in [-0.2, -0.15) is 0 Å². The third-order valence-corrected chi connectivity index (χ3v) is 6.83. The highest BCUT2D eigenvalue weighted by atomic mass is 32.1. The molecule has 0 bridgehead atoms. The number of benzene rings is 2. The molecule has 4 heterocycles. The molecule has 7 heteroatoms. The molecule has 0 saturated carbocycles. The minimum Gasteiger partial charge on any atom is -0.457 e. The van der Waals surface area contributed by atoms with E-state index in [1.54, 1.807) is 6.20 Å². The van der Waals surface area contributed by atoms with Crippen LogP contribution in [0.3, 0.4) is 0 Å². The Balaban J connectivity index is 1.39. The Labute approximate surface area is 221 Å². The zero-order valence-corrected chi connectivity index (χ0v) is 21.0. The summed E-state index contributed by atoms with van der Waals surface area (Å²) >= 11 is 5.90. The molecule has 0 unspecified atom stereocenters. The molecule has 1 aliphatic rings. The van der Waals surface area contributed by atoms with Crippen LogP contribution in [0, 0.1) is 6.92 Å². The smallest absolute Gasteiger partial charge is 0.174 e. The summed E-state index contributed by atoms with van der Waals surface area (Å²) in [6.45, 7) is 2.04. The average molecular weight is 504 g/mol. The molecule has 2 atom stereocenters. The molecule has 1 fully saturated rings. The largest absolute Gasteiger partial charge is 0.457 e. The topological polar surface area (TPSA) is 55.2 Å². The maximum absolute atomic E-state index is 6.13. The molecule has 3 aromatic heterocycles. The van der Waals surface area contributed by atoms with Crippen LogP contribution in [0.5, 0.6) is 11.5 Å². The lowest BCUT2D eigenvalue weighted by Crippen LogP contribution is -2.30. The highest BCUT2D eigenvalue weighted by molar-refractivity contribution is 7.80. The van der Waals surface area contributed by atoms with Gasteiger partial charge < -0.3 is 19.5 Å². The lowest BCUT2D eigenvalue weighted by molar-refractivity contribution is 0.479. The monoisotopic (exact) mass is 503 g/mol. The van der Waals surface area contributed by atoms with Gasteiger partial charge in [0.05, 0.1) is 11.7 Å². The normalized spacial score (nSPS) is 17.0. The van der Waals surface area contributed by atoms with Gasteiger partial charge >= 0.3 is 0 Å². The van der Waals surface area contributed by atoms with E-state index in [9.17, 15) is 0 Å². The third-order valence-electron chi connectivity index (χ3n) is 6.51. The lowest BCUT2D eigenvalue weighted by atomic mass is 10.0. The summed E-state index contributed by atoms with van der Waals surface area (Å²) in [6, 6.07) is 31.8. The Morgan fingerprint density at radius 3 is 2.30 bits per heavy atom. The summed E-state index contributed by atoms with van der Waals surface area (Å²) in [7, 11) is 0. The van der Waals surface area contributed by atoms with Crippen molar-refractivity contribution >= 4 is 23.0 Å². The summed E-state index contributed by atoms with van der Waals surface area (Å²) in [5.74, 6) is 2.46. The van der Waals surface area contributed by atoms with Gasteiger partial charge in [-0.15, -0.1) is 0 Å². The number of nitrogens with zero attached hydrogens (tertiary/aromatic N) is 4. The van der Waals surface area contributed by atoms with Crippen molar-refractivity contribution in [3.05, 3.63) is 133 Å². The SMILES string of the molecule is Cc1ccccc1Oc1ccc(N2C(=S)N[C@@H](c3ccccn3)[C@H]2c2cccn2-c2ccccn2)cc1. The van der Waals surface area contributed by atoms with E-state index in [1.165, 1.54) is 0 Å². The summed E-state index contributed by atoms with van der Waals surface area (Å²) in [4.78, 5) is 11.4. The Morgan fingerprint density at radius 2 is 1.57 bits per heavy atom. The average Bonchev–Trinajstić information content (AvgIpc) is 3.56. The summed E-state index contributed by atoms with van der Waals surface area (Å²) in [5.41, 5.74) is 4.03. The summed E-state index contributed by atoms with van der Waals surface area (Å²) < 4.78 is 8.24. The van der Waals surface area contributed by atoms with Gasteiger partial charge in [0.15, 0.2) is 5.11 Å². The zero-order chi connectivity index (χ0) is 25.2. The van der Waals surface area contributed by atoms with E-state index in [-0.39, 0.29) is 12.1 Å². The molecular weight excluding hydrogens is 478 g/mol. The van der Waals surface area contributed by atoms with Crippen molar-refractivity contribution in [3.63, 3.8) is 0 Å². The van der Waals surface area contributed by atoms with Crippen molar-refractivity contribution in [2.45, 2.75) is 19.0 Å². The Kier molecular flexibility index (Phi) is 6.12. The van der Waals surface area contributed by atoms with Crippen molar-refractivity contribution in [3.8, 4) is 17.3 Å². The molecule has 1 saturated heterocycles. The van der Waals surface area contributed by atoms with Crippen LogP contribution in [0.2, 0.25) is 0 Å². The molecule has 0 aliphatic carbocycles. The van der Waals surface area contributed by atoms with Crippen LogP contribution in [0.1, 0.15) is 29.0 Å². The fourth-order valence-corrected chi connectivity index (χ4v) is 5.09. The number of nitrogens with one attached hydrogen (secondary N) is 1. The number of hydrogen-bond acceptors (Lipinski definition) is 4. The molecule has 0 radical (unpaired) electrons. The zero-order valence-electron chi connectivity index (χ0n) is 20.2. The Morgan fingerprint density at radius 1 is 0.811 bits per heavy atom. The second-order valence-electron chi connectivity index (χ2n) is 8.85. The molecule has 0 spiro atoms. The van der Waals surface area contributed by atoms with Gasteiger partial charge in [-0.1, -0.05) is 30.3 Å². The molecule has 0 amide bonds. The van der Waals surface area contributed by atoms with Gasteiger partial charge in [-0.25, -0.2) is 4.98 Å². The maximum Gasteiger partial charge on any atom is 0.174 e. The van der Waals surface area contributed by atoms with Gasteiger partial charge in [0.2, 0.25) is 0 Å². The van der Waals surface area contributed by atoms with Crippen LogP contribution in [0.15, 0.2) is 116 Å². The van der Waals surface area contributed by atoms with E-state index < -0.39 is 0 Å². The van der Waals surface area contributed by atoms with Gasteiger partial charge in [-0.3, -0.25) is 4.98 Å². The van der Waals surface area contributed by atoms with Crippen molar-refractivity contribution in [2.75, 3.05) is 4.90 Å². The standard InChI is InChI=1S/C30H25N5OS/c1-21-9-2-3-12-26(21)36-23-16-14-22(15-17-23)35-29(28(33-30(35)37)24-10-4-6-18-31-24)25-11-8-20-34(25)27-13-5-7-19-32-27/h2-20,28-29H,1H3,(H,33,37)/t28-,29+/m0/s1. The highest BCUT2D eigenvalue weighted by Gasteiger charge is 2.42. The molecule has 1 aliphatic heterocycles. The highest BCUT2D eigenvalue weighted by Crippen LogP contribution is 2.42. The molecule has 182 valence electrons. The van der Waals surface area contributed by atoms with Gasteiger partial charge in [0.1, 0.15) is 23.4 Å². The number of thiocarbonyl (C=S) groups is 1. The summed E-state index contributed by atoms with van der Waals surface area (Å²) in [5, 5.41) is 4.17. The second kappa shape index (κ2) is 9.87. The Bertz CT molecular complexity index is 1520. The lowest BCUT2D eigenvalue weighted by Gasteiger charge is -2.29. The number of hydrogen-bond donors (Lipinski definition) is 1. The van der Waals surface area contributed by atoms with Gasteiger partial charge in [0, 0.05) is 30.0 Å². The quantitative estimate of drug-likeness (QED) is 0.265. The first-order valence-corrected chi connectivity index (χ1v) is 12.5. The predicted octanol–water partition coefficient (Wildman–Crippen LogP) is 6.55. The van der Waals surface area contributed by atoms with E-state index in [2.05, 4.69) is 30.8 Å². The van der Waals surface area contributed by atoms with Crippen molar-refractivity contribution in [2.24, 2.45) is 0 Å². The molecule has 2 aromatic carbocycles. The van der Waals surface area contributed by atoms with Crippen LogP contribution in [-0.4, -0.2) is 19.6 Å². The molecule has 1 N–H and O–H groups in total. The fraction of sp³-hybridized carbons (Fsp3) is 0.100. The number of pyridine rings is 2. The number of anilines is 1. The van der Waals surface area contributed by atoms with Crippen LogP contribution in [-0.2, 0) is 0 Å². The van der Waals surface area contributed by atoms with Crippen LogP contribution in [0.4, 0.5) is 5.69 Å². The van der Waals surface area contributed by atoms with E-state index in [0.29, 0.717) is 5.11 Å². The number of aromatic nitrogens is 3. The maximum atomic E-state index is 6.13. The molecule has 6 rings (SSSR count). The van der Waals surface area contributed by atoms with Gasteiger partial charge in [0.25, 0.3) is 0 Å². The van der Waals surface area contributed by atoms with E-state index in [0.717, 1.165) is 40.0 Å². The summed E-state index contributed by atoms with van der Waals surface area (Å²) in [6.07, 6.45) is 5.65. The second-order valence-corrected chi connectivity index (χ2v) is 9.24. The Hall–Kier alpha value is -4.49.